The van der Waals surface area contributed by atoms with Crippen molar-refractivity contribution in [2.24, 2.45) is 7.05 Å². The first-order valence-corrected chi connectivity index (χ1v) is 8.07. The minimum atomic E-state index is 0.112. The lowest BCUT2D eigenvalue weighted by atomic mass is 10.1. The first kappa shape index (κ1) is 16.0. The van der Waals surface area contributed by atoms with Crippen LogP contribution < -0.4 is 10.6 Å². The van der Waals surface area contributed by atoms with E-state index in [1.807, 2.05) is 18.7 Å². The van der Waals surface area contributed by atoms with E-state index >= 15 is 0 Å². The minimum absolute atomic E-state index is 0.112. The van der Waals surface area contributed by atoms with Gasteiger partial charge in [0, 0.05) is 30.9 Å². The van der Waals surface area contributed by atoms with Gasteiger partial charge in [0.25, 0.3) is 0 Å². The number of nitrogens with one attached hydrogen (secondary N) is 2. The Morgan fingerprint density at radius 1 is 1.24 bits per heavy atom. The van der Waals surface area contributed by atoms with Gasteiger partial charge in [0.05, 0.1) is 12.2 Å². The minimum Gasteiger partial charge on any atom is -0.352 e. The molecule has 0 aromatic carbocycles. The van der Waals surface area contributed by atoms with Gasteiger partial charge in [0.2, 0.25) is 5.91 Å². The van der Waals surface area contributed by atoms with Crippen molar-refractivity contribution >= 4 is 5.91 Å². The molecule has 2 N–H and O–H groups in total. The molecule has 5 heteroatoms. The fourth-order valence-electron chi connectivity index (χ4n) is 3.08. The van der Waals surface area contributed by atoms with Crippen molar-refractivity contribution in [3.63, 3.8) is 0 Å². The van der Waals surface area contributed by atoms with E-state index in [0.717, 1.165) is 24.2 Å². The molecule has 1 fully saturated rings. The highest BCUT2D eigenvalue weighted by Crippen LogP contribution is 2.17. The second-order valence-corrected chi connectivity index (χ2v) is 6.13. The van der Waals surface area contributed by atoms with Crippen LogP contribution in [0.5, 0.6) is 0 Å². The van der Waals surface area contributed by atoms with Crippen molar-refractivity contribution in [2.45, 2.75) is 65.0 Å². The third-order valence-corrected chi connectivity index (χ3v) is 4.47. The molecule has 1 saturated carbocycles. The van der Waals surface area contributed by atoms with Gasteiger partial charge in [-0.05, 0) is 26.7 Å². The van der Waals surface area contributed by atoms with E-state index in [1.165, 1.54) is 31.2 Å². The summed E-state index contributed by atoms with van der Waals surface area (Å²) in [4.78, 5) is 12.0. The summed E-state index contributed by atoms with van der Waals surface area (Å²) in [5.74, 6) is 0.112. The highest BCUT2D eigenvalue weighted by Gasteiger charge is 2.15. The van der Waals surface area contributed by atoms with Gasteiger partial charge in [-0.3, -0.25) is 9.48 Å². The fraction of sp³-hybridized carbons (Fsp3) is 0.750. The highest BCUT2D eigenvalue weighted by atomic mass is 16.1. The molecule has 21 heavy (non-hydrogen) atoms. The monoisotopic (exact) mass is 292 g/mol. The van der Waals surface area contributed by atoms with Gasteiger partial charge < -0.3 is 10.6 Å². The Kier molecular flexibility index (Phi) is 5.79. The van der Waals surface area contributed by atoms with Crippen molar-refractivity contribution in [3.8, 4) is 0 Å². The summed E-state index contributed by atoms with van der Waals surface area (Å²) < 4.78 is 1.89. The summed E-state index contributed by atoms with van der Waals surface area (Å²) in [5.41, 5.74) is 3.38. The summed E-state index contributed by atoms with van der Waals surface area (Å²) >= 11 is 0. The molecule has 5 nitrogen and oxygen atoms in total. The second kappa shape index (κ2) is 7.59. The number of carbonyl (C=O) groups excluding carboxylic acids is 1. The molecule has 118 valence electrons. The van der Waals surface area contributed by atoms with Gasteiger partial charge >= 0.3 is 0 Å². The SMILES string of the molecule is Cc1nn(C)c(C)c1CNCC(=O)NC1CCCCCC1. The molecule has 0 radical (unpaired) electrons. The Labute approximate surface area is 127 Å². The molecule has 0 spiro atoms. The van der Waals surface area contributed by atoms with Crippen molar-refractivity contribution in [1.29, 1.82) is 0 Å². The molecule has 0 saturated heterocycles. The molecule has 1 aromatic heterocycles. The number of hydrogen-bond donors (Lipinski definition) is 2. The zero-order valence-electron chi connectivity index (χ0n) is 13.5. The van der Waals surface area contributed by atoms with Crippen LogP contribution in [0.4, 0.5) is 0 Å². The van der Waals surface area contributed by atoms with Gasteiger partial charge in [-0.25, -0.2) is 0 Å². The standard InChI is InChI=1S/C16H28N4O/c1-12-15(13(2)20(3)19-12)10-17-11-16(21)18-14-8-6-4-5-7-9-14/h14,17H,4-11H2,1-3H3,(H,18,21). The van der Waals surface area contributed by atoms with E-state index in [9.17, 15) is 4.79 Å². The van der Waals surface area contributed by atoms with E-state index in [-0.39, 0.29) is 5.91 Å². The predicted octanol–water partition coefficient (Wildman–Crippen LogP) is 1.97. The van der Waals surface area contributed by atoms with E-state index in [0.29, 0.717) is 19.1 Å². The molecule has 1 aliphatic carbocycles. The maximum absolute atomic E-state index is 12.0. The van der Waals surface area contributed by atoms with Crippen molar-refractivity contribution in [3.05, 3.63) is 17.0 Å². The van der Waals surface area contributed by atoms with Crippen LogP contribution in [0.2, 0.25) is 0 Å². The maximum atomic E-state index is 12.0. The largest absolute Gasteiger partial charge is 0.352 e. The molecule has 0 aliphatic heterocycles. The van der Waals surface area contributed by atoms with Crippen LogP contribution in [0.25, 0.3) is 0 Å². The number of carbonyl (C=O) groups is 1. The summed E-state index contributed by atoms with van der Waals surface area (Å²) in [5, 5.41) is 10.8. The number of aromatic nitrogens is 2. The molecule has 1 heterocycles. The summed E-state index contributed by atoms with van der Waals surface area (Å²) in [6.07, 6.45) is 7.37. The number of amides is 1. The number of nitrogens with zero attached hydrogens (tertiary/aromatic N) is 2. The van der Waals surface area contributed by atoms with Gasteiger partial charge in [0.1, 0.15) is 0 Å². The van der Waals surface area contributed by atoms with Crippen LogP contribution in [0.3, 0.4) is 0 Å². The van der Waals surface area contributed by atoms with Crippen LogP contribution in [-0.4, -0.2) is 28.3 Å². The molecule has 1 aromatic rings. The molecule has 2 rings (SSSR count). The average Bonchev–Trinajstić information content (AvgIpc) is 2.65. The Bertz CT molecular complexity index is 473. The van der Waals surface area contributed by atoms with Crippen LogP contribution in [-0.2, 0) is 18.4 Å². The first-order chi connectivity index (χ1) is 10.1. The van der Waals surface area contributed by atoms with Gasteiger partial charge in [-0.2, -0.15) is 5.10 Å². The molecular formula is C16H28N4O. The lowest BCUT2D eigenvalue weighted by molar-refractivity contribution is -0.121. The number of rotatable bonds is 5. The Morgan fingerprint density at radius 2 is 1.90 bits per heavy atom. The van der Waals surface area contributed by atoms with Crippen molar-refractivity contribution in [1.82, 2.24) is 20.4 Å². The molecular weight excluding hydrogens is 264 g/mol. The normalized spacial score (nSPS) is 16.7. The zero-order valence-corrected chi connectivity index (χ0v) is 13.5. The van der Waals surface area contributed by atoms with Crippen LogP contribution in [0.1, 0.15) is 55.5 Å². The van der Waals surface area contributed by atoms with E-state index < -0.39 is 0 Å². The lowest BCUT2D eigenvalue weighted by Gasteiger charge is -2.16. The van der Waals surface area contributed by atoms with Crippen molar-refractivity contribution < 1.29 is 4.79 Å². The van der Waals surface area contributed by atoms with Gasteiger partial charge in [-0.15, -0.1) is 0 Å². The summed E-state index contributed by atoms with van der Waals surface area (Å²) in [7, 11) is 1.95. The highest BCUT2D eigenvalue weighted by molar-refractivity contribution is 5.78. The summed E-state index contributed by atoms with van der Waals surface area (Å²) in [6, 6.07) is 0.378. The molecule has 1 aliphatic rings. The Hall–Kier alpha value is -1.36. The van der Waals surface area contributed by atoms with E-state index in [4.69, 9.17) is 0 Å². The number of aryl methyl sites for hydroxylation is 2. The second-order valence-electron chi connectivity index (χ2n) is 6.13. The van der Waals surface area contributed by atoms with Crippen LogP contribution >= 0.6 is 0 Å². The molecule has 0 unspecified atom stereocenters. The zero-order chi connectivity index (χ0) is 15.2. The third-order valence-electron chi connectivity index (χ3n) is 4.47. The molecule has 0 bridgehead atoms. The van der Waals surface area contributed by atoms with E-state index in [2.05, 4.69) is 22.7 Å². The number of hydrogen-bond acceptors (Lipinski definition) is 3. The Balaban J connectivity index is 1.73. The van der Waals surface area contributed by atoms with E-state index in [1.54, 1.807) is 0 Å². The smallest absolute Gasteiger partial charge is 0.234 e. The third kappa shape index (κ3) is 4.56. The maximum Gasteiger partial charge on any atom is 0.234 e. The predicted molar refractivity (Wildman–Crippen MR) is 84.0 cm³/mol. The Morgan fingerprint density at radius 3 is 2.48 bits per heavy atom. The first-order valence-electron chi connectivity index (χ1n) is 8.07. The van der Waals surface area contributed by atoms with Gasteiger partial charge in [0.15, 0.2) is 0 Å². The molecule has 1 amide bonds. The van der Waals surface area contributed by atoms with Gasteiger partial charge in [-0.1, -0.05) is 25.7 Å². The average molecular weight is 292 g/mol. The van der Waals surface area contributed by atoms with Crippen LogP contribution in [0.15, 0.2) is 0 Å². The fourth-order valence-corrected chi connectivity index (χ4v) is 3.08. The topological polar surface area (TPSA) is 59.0 Å². The van der Waals surface area contributed by atoms with Crippen LogP contribution in [0, 0.1) is 13.8 Å². The van der Waals surface area contributed by atoms with Crippen molar-refractivity contribution in [2.75, 3.05) is 6.54 Å². The quantitative estimate of drug-likeness (QED) is 0.816. The summed E-state index contributed by atoms with van der Waals surface area (Å²) in [6.45, 7) is 5.14. The lowest BCUT2D eigenvalue weighted by Crippen LogP contribution is -2.40. The molecule has 0 atom stereocenters.